The van der Waals surface area contributed by atoms with Gasteiger partial charge in [0.15, 0.2) is 11.5 Å². The number of carbonyl (C=O) groups excluding carboxylic acids is 1. The van der Waals surface area contributed by atoms with E-state index in [1.165, 1.54) is 25.6 Å². The van der Waals surface area contributed by atoms with Crippen molar-refractivity contribution < 1.29 is 23.4 Å². The van der Waals surface area contributed by atoms with Crippen LogP contribution >= 0.6 is 11.6 Å². The summed E-state index contributed by atoms with van der Waals surface area (Å²) in [5, 5.41) is 3.92. The van der Waals surface area contributed by atoms with Crippen LogP contribution in [0.4, 0.5) is 15.9 Å². The summed E-state index contributed by atoms with van der Waals surface area (Å²) in [4.78, 5) is 22.6. The molecule has 0 spiro atoms. The summed E-state index contributed by atoms with van der Waals surface area (Å²) in [5.74, 6) is 1.18. The molecule has 1 fully saturated rings. The fourth-order valence-electron chi connectivity index (χ4n) is 4.28. The lowest BCUT2D eigenvalue weighted by atomic mass is 9.92. The topological polar surface area (TPSA) is 85.8 Å². The third kappa shape index (κ3) is 5.74. The van der Waals surface area contributed by atoms with Crippen LogP contribution in [-0.2, 0) is 9.53 Å². The Kier molecular flexibility index (Phi) is 7.87. The highest BCUT2D eigenvalue weighted by Crippen LogP contribution is 2.37. The third-order valence-electron chi connectivity index (χ3n) is 6.25. The molecule has 0 unspecified atom stereocenters. The molecule has 35 heavy (non-hydrogen) atoms. The van der Waals surface area contributed by atoms with E-state index in [0.29, 0.717) is 28.5 Å². The van der Waals surface area contributed by atoms with Crippen molar-refractivity contribution in [2.24, 2.45) is 0 Å². The number of fused-ring (bicyclic) bond motifs is 1. The number of hydrogen-bond donors (Lipinski definition) is 1. The van der Waals surface area contributed by atoms with Crippen LogP contribution in [0.2, 0.25) is 5.02 Å². The van der Waals surface area contributed by atoms with E-state index in [0.717, 1.165) is 31.1 Å². The molecule has 1 heterocycles. The number of hydrogen-bond acceptors (Lipinski definition) is 7. The number of rotatable bonds is 8. The summed E-state index contributed by atoms with van der Waals surface area (Å²) >= 11 is 5.92. The fraction of sp³-hybridized carbons (Fsp3) is 0.400. The number of likely N-dealkylation sites (N-methyl/N-ethyl adjacent to an activating group) is 1. The predicted molar refractivity (Wildman–Crippen MR) is 132 cm³/mol. The lowest BCUT2D eigenvalue weighted by molar-refractivity contribution is -0.136. The maximum atomic E-state index is 13.6. The summed E-state index contributed by atoms with van der Waals surface area (Å²) in [6, 6.07) is 8.20. The second kappa shape index (κ2) is 11.0. The molecule has 186 valence electrons. The van der Waals surface area contributed by atoms with Gasteiger partial charge in [0, 0.05) is 37.3 Å². The Bertz CT molecular complexity index is 1200. The molecule has 0 aliphatic heterocycles. The average Bonchev–Trinajstić information content (AvgIpc) is 2.86. The second-order valence-electron chi connectivity index (χ2n) is 8.48. The molecule has 1 aliphatic carbocycles. The van der Waals surface area contributed by atoms with E-state index in [1.807, 2.05) is 13.1 Å². The molecule has 0 atom stereocenters. The van der Waals surface area contributed by atoms with Crippen molar-refractivity contribution in [3.8, 4) is 11.5 Å². The Morgan fingerprint density at radius 3 is 2.60 bits per heavy atom. The first-order valence-corrected chi connectivity index (χ1v) is 11.7. The van der Waals surface area contributed by atoms with E-state index in [4.69, 9.17) is 25.8 Å². The van der Waals surface area contributed by atoms with E-state index < -0.39 is 5.82 Å². The van der Waals surface area contributed by atoms with Crippen LogP contribution in [0.15, 0.2) is 36.7 Å². The molecule has 1 aliphatic rings. The van der Waals surface area contributed by atoms with Crippen LogP contribution in [0.3, 0.4) is 0 Å². The molecule has 8 nitrogen and oxygen atoms in total. The van der Waals surface area contributed by atoms with Crippen LogP contribution < -0.4 is 14.8 Å². The Labute approximate surface area is 208 Å². The van der Waals surface area contributed by atoms with Crippen molar-refractivity contribution in [1.29, 1.82) is 0 Å². The number of benzene rings is 2. The monoisotopic (exact) mass is 502 g/mol. The number of amides is 1. The molecule has 2 aromatic carbocycles. The summed E-state index contributed by atoms with van der Waals surface area (Å²) in [6.07, 6.45) is 4.72. The normalized spacial score (nSPS) is 17.7. The molecular weight excluding hydrogens is 475 g/mol. The summed E-state index contributed by atoms with van der Waals surface area (Å²) in [7, 11) is 4.93. The van der Waals surface area contributed by atoms with Gasteiger partial charge in [-0.15, -0.1) is 0 Å². The van der Waals surface area contributed by atoms with Gasteiger partial charge in [0.25, 0.3) is 0 Å². The number of halogens is 2. The van der Waals surface area contributed by atoms with Gasteiger partial charge >= 0.3 is 0 Å². The maximum Gasteiger partial charge on any atom is 0.248 e. The summed E-state index contributed by atoms with van der Waals surface area (Å²) in [6.45, 7) is 0.0871. The predicted octanol–water partition coefficient (Wildman–Crippen LogP) is 4.97. The quantitative estimate of drug-likeness (QED) is 0.465. The molecule has 3 aromatic rings. The van der Waals surface area contributed by atoms with Crippen LogP contribution in [0.1, 0.15) is 25.7 Å². The van der Waals surface area contributed by atoms with Gasteiger partial charge in [-0.25, -0.2) is 14.4 Å². The van der Waals surface area contributed by atoms with Gasteiger partial charge in [-0.3, -0.25) is 4.79 Å². The molecule has 0 bridgehead atoms. The zero-order valence-electron chi connectivity index (χ0n) is 19.9. The number of carbonyl (C=O) groups is 1. The molecule has 1 aromatic heterocycles. The number of nitrogens with zero attached hydrogens (tertiary/aromatic N) is 3. The summed E-state index contributed by atoms with van der Waals surface area (Å²) < 4.78 is 30.4. The Morgan fingerprint density at radius 2 is 1.91 bits per heavy atom. The molecule has 0 radical (unpaired) electrons. The van der Waals surface area contributed by atoms with Gasteiger partial charge in [-0.2, -0.15) is 0 Å². The zero-order chi connectivity index (χ0) is 24.9. The number of methoxy groups -OCH3 is 2. The maximum absolute atomic E-state index is 13.6. The molecule has 1 saturated carbocycles. The second-order valence-corrected chi connectivity index (χ2v) is 8.89. The van der Waals surface area contributed by atoms with E-state index in [-0.39, 0.29) is 29.7 Å². The molecular formula is C25H28ClFN4O4. The Morgan fingerprint density at radius 1 is 1.14 bits per heavy atom. The third-order valence-corrected chi connectivity index (χ3v) is 6.54. The van der Waals surface area contributed by atoms with Gasteiger partial charge in [-0.05, 0) is 49.9 Å². The molecule has 1 N–H and O–H groups in total. The minimum Gasteiger partial charge on any atom is -0.493 e. The highest BCUT2D eigenvalue weighted by molar-refractivity contribution is 6.31. The van der Waals surface area contributed by atoms with Crippen LogP contribution in [0, 0.1) is 5.82 Å². The van der Waals surface area contributed by atoms with Gasteiger partial charge in [-0.1, -0.05) is 11.6 Å². The average molecular weight is 503 g/mol. The van der Waals surface area contributed by atoms with Crippen molar-refractivity contribution >= 4 is 39.9 Å². The highest BCUT2D eigenvalue weighted by Gasteiger charge is 2.28. The Hall–Kier alpha value is -3.17. The molecule has 1 amide bonds. The van der Waals surface area contributed by atoms with E-state index >= 15 is 0 Å². The first-order chi connectivity index (χ1) is 16.9. The van der Waals surface area contributed by atoms with Gasteiger partial charge < -0.3 is 24.4 Å². The zero-order valence-corrected chi connectivity index (χ0v) is 20.6. The lowest BCUT2D eigenvalue weighted by Gasteiger charge is -2.34. The molecule has 4 rings (SSSR count). The van der Waals surface area contributed by atoms with Gasteiger partial charge in [0.1, 0.15) is 24.6 Å². The van der Waals surface area contributed by atoms with Crippen molar-refractivity contribution in [2.45, 2.75) is 37.8 Å². The molecule has 0 saturated heterocycles. The summed E-state index contributed by atoms with van der Waals surface area (Å²) in [5.41, 5.74) is 1.27. The number of ether oxygens (including phenoxy) is 3. The standard InChI is InChI=1S/C25H28ClFN4O4/c1-31(24(32)13-33-2)16-5-7-17(8-6-16)35-23-11-18-21(12-22(23)34-3)28-14-29-25(18)30-15-4-9-20(27)19(26)10-15/h4,9-12,14,16-17H,5-8,13H2,1-3H3,(H,28,29,30)/t16-,17+. The molecule has 10 heteroatoms. The van der Waals surface area contributed by atoms with E-state index in [2.05, 4.69) is 15.3 Å². The van der Waals surface area contributed by atoms with Crippen LogP contribution in [0.5, 0.6) is 11.5 Å². The number of anilines is 2. The lowest BCUT2D eigenvalue weighted by Crippen LogP contribution is -2.42. The minimum absolute atomic E-state index is 0.0135. The smallest absolute Gasteiger partial charge is 0.248 e. The van der Waals surface area contributed by atoms with Crippen molar-refractivity contribution in [3.63, 3.8) is 0 Å². The SMILES string of the molecule is COCC(=O)N(C)[C@H]1CC[C@@H](Oc2cc3c(Nc4ccc(F)c(Cl)c4)ncnc3cc2OC)CC1. The van der Waals surface area contributed by atoms with Crippen molar-refractivity contribution in [2.75, 3.05) is 33.2 Å². The Balaban J connectivity index is 1.52. The van der Waals surface area contributed by atoms with Gasteiger partial charge in [0.05, 0.1) is 23.8 Å². The van der Waals surface area contributed by atoms with E-state index in [9.17, 15) is 9.18 Å². The minimum atomic E-state index is -0.492. The van der Waals surface area contributed by atoms with Crippen LogP contribution in [-0.4, -0.2) is 60.8 Å². The first kappa shape index (κ1) is 24.9. The van der Waals surface area contributed by atoms with Crippen molar-refractivity contribution in [3.05, 3.63) is 47.5 Å². The number of aromatic nitrogens is 2. The van der Waals surface area contributed by atoms with Crippen LogP contribution in [0.25, 0.3) is 10.9 Å². The first-order valence-electron chi connectivity index (χ1n) is 11.4. The fourth-order valence-corrected chi connectivity index (χ4v) is 4.47. The van der Waals surface area contributed by atoms with Gasteiger partial charge in [0.2, 0.25) is 5.91 Å². The largest absolute Gasteiger partial charge is 0.493 e. The van der Waals surface area contributed by atoms with Crippen molar-refractivity contribution in [1.82, 2.24) is 14.9 Å². The number of nitrogens with one attached hydrogen (secondary N) is 1. The highest BCUT2D eigenvalue weighted by atomic mass is 35.5. The van der Waals surface area contributed by atoms with E-state index in [1.54, 1.807) is 24.1 Å².